The standard InChI is InChI=1S/C22H31N2/c1-4-24(5-2)16-14-23(15-17-24)22(20-11-7-6-8-12-20)21-13-9-10-19(3)18-21/h6-13,18,22H,4-5,14-17H2,1-3H3/q+1. The quantitative estimate of drug-likeness (QED) is 0.743. The smallest absolute Gasteiger partial charge is 0.0916 e. The molecule has 0 radical (unpaired) electrons. The van der Waals surface area contributed by atoms with Crippen LogP contribution in [-0.4, -0.2) is 48.7 Å². The molecule has 1 saturated heterocycles. The van der Waals surface area contributed by atoms with E-state index in [4.69, 9.17) is 0 Å². The summed E-state index contributed by atoms with van der Waals surface area (Å²) in [5.74, 6) is 0. The van der Waals surface area contributed by atoms with E-state index in [9.17, 15) is 0 Å². The predicted octanol–water partition coefficient (Wildman–Crippen LogP) is 4.26. The molecular formula is C22H31N2+. The van der Waals surface area contributed by atoms with Crippen molar-refractivity contribution in [3.8, 4) is 0 Å². The van der Waals surface area contributed by atoms with Crippen molar-refractivity contribution in [2.45, 2.75) is 26.8 Å². The van der Waals surface area contributed by atoms with Gasteiger partial charge in [0.25, 0.3) is 0 Å². The monoisotopic (exact) mass is 323 g/mol. The molecule has 0 N–H and O–H groups in total. The molecule has 24 heavy (non-hydrogen) atoms. The average Bonchev–Trinajstić information content (AvgIpc) is 2.64. The van der Waals surface area contributed by atoms with Crippen LogP contribution in [0.2, 0.25) is 0 Å². The number of benzene rings is 2. The van der Waals surface area contributed by atoms with Gasteiger partial charge in [0.1, 0.15) is 0 Å². The van der Waals surface area contributed by atoms with Gasteiger partial charge in [-0.05, 0) is 31.9 Å². The Kier molecular flexibility index (Phi) is 5.37. The number of likely N-dealkylation sites (N-methyl/N-ethyl adjacent to an activating group) is 1. The van der Waals surface area contributed by atoms with Gasteiger partial charge in [0.15, 0.2) is 0 Å². The Bertz CT molecular complexity index is 636. The van der Waals surface area contributed by atoms with Gasteiger partial charge < -0.3 is 4.48 Å². The van der Waals surface area contributed by atoms with E-state index in [1.807, 2.05) is 0 Å². The van der Waals surface area contributed by atoms with Crippen LogP contribution in [0.15, 0.2) is 54.6 Å². The van der Waals surface area contributed by atoms with E-state index in [-0.39, 0.29) is 0 Å². The topological polar surface area (TPSA) is 3.24 Å². The maximum Gasteiger partial charge on any atom is 0.0916 e. The molecule has 2 nitrogen and oxygen atoms in total. The summed E-state index contributed by atoms with van der Waals surface area (Å²) in [7, 11) is 0. The molecule has 1 aliphatic rings. The molecule has 128 valence electrons. The Labute approximate surface area is 147 Å². The first-order valence-electron chi connectivity index (χ1n) is 9.38. The second-order valence-electron chi connectivity index (χ2n) is 7.18. The summed E-state index contributed by atoms with van der Waals surface area (Å²) in [6.07, 6.45) is 0. The molecule has 0 aliphatic carbocycles. The van der Waals surface area contributed by atoms with Crippen molar-refractivity contribution in [2.75, 3.05) is 39.3 Å². The summed E-state index contributed by atoms with van der Waals surface area (Å²) in [5, 5.41) is 0. The molecule has 3 rings (SSSR count). The van der Waals surface area contributed by atoms with Crippen molar-refractivity contribution < 1.29 is 4.48 Å². The average molecular weight is 324 g/mol. The zero-order valence-corrected chi connectivity index (χ0v) is 15.4. The number of quaternary nitrogens is 1. The van der Waals surface area contributed by atoms with Gasteiger partial charge >= 0.3 is 0 Å². The molecule has 0 bridgehead atoms. The number of rotatable bonds is 5. The summed E-state index contributed by atoms with van der Waals surface area (Å²) in [6.45, 7) is 14.3. The maximum atomic E-state index is 2.69. The molecule has 1 fully saturated rings. The minimum atomic E-state index is 0.377. The highest BCUT2D eigenvalue weighted by molar-refractivity contribution is 5.34. The third-order valence-electron chi connectivity index (χ3n) is 5.90. The number of hydrogen-bond acceptors (Lipinski definition) is 1. The SMILES string of the molecule is CC[N+]1(CC)CCN(C(c2ccccc2)c2cccc(C)c2)CC1. The molecule has 0 spiro atoms. The molecular weight excluding hydrogens is 292 g/mol. The summed E-state index contributed by atoms with van der Waals surface area (Å²) in [6, 6.07) is 20.4. The van der Waals surface area contributed by atoms with Crippen LogP contribution in [0.3, 0.4) is 0 Å². The van der Waals surface area contributed by atoms with Crippen molar-refractivity contribution >= 4 is 0 Å². The third kappa shape index (κ3) is 3.55. The largest absolute Gasteiger partial charge is 0.322 e. The van der Waals surface area contributed by atoms with E-state index >= 15 is 0 Å². The molecule has 1 atom stereocenters. The summed E-state index contributed by atoms with van der Waals surface area (Å²) in [4.78, 5) is 2.69. The van der Waals surface area contributed by atoms with Crippen LogP contribution >= 0.6 is 0 Å². The van der Waals surface area contributed by atoms with Crippen LogP contribution in [0.25, 0.3) is 0 Å². The van der Waals surface area contributed by atoms with Gasteiger partial charge in [-0.2, -0.15) is 0 Å². The fourth-order valence-corrected chi connectivity index (χ4v) is 4.11. The first kappa shape index (κ1) is 17.2. The van der Waals surface area contributed by atoms with Crippen LogP contribution in [0.5, 0.6) is 0 Å². The zero-order valence-electron chi connectivity index (χ0n) is 15.4. The Morgan fingerprint density at radius 1 is 0.875 bits per heavy atom. The molecule has 1 heterocycles. The van der Waals surface area contributed by atoms with Gasteiger partial charge in [0.2, 0.25) is 0 Å². The van der Waals surface area contributed by atoms with Crippen LogP contribution in [0.4, 0.5) is 0 Å². The third-order valence-corrected chi connectivity index (χ3v) is 5.90. The lowest BCUT2D eigenvalue weighted by Crippen LogP contribution is -2.59. The lowest BCUT2D eigenvalue weighted by atomic mass is 9.95. The molecule has 0 aromatic heterocycles. The van der Waals surface area contributed by atoms with Crippen molar-refractivity contribution in [1.82, 2.24) is 4.90 Å². The van der Waals surface area contributed by atoms with E-state index < -0.39 is 0 Å². The molecule has 2 aromatic rings. The maximum absolute atomic E-state index is 2.69. The second-order valence-corrected chi connectivity index (χ2v) is 7.18. The minimum Gasteiger partial charge on any atom is -0.322 e. The molecule has 2 heteroatoms. The Balaban J connectivity index is 1.89. The van der Waals surface area contributed by atoms with Crippen molar-refractivity contribution in [2.24, 2.45) is 0 Å². The van der Waals surface area contributed by atoms with E-state index in [2.05, 4.69) is 80.3 Å². The van der Waals surface area contributed by atoms with Crippen LogP contribution < -0.4 is 0 Å². The van der Waals surface area contributed by atoms with Gasteiger partial charge in [-0.3, -0.25) is 4.90 Å². The summed E-state index contributed by atoms with van der Waals surface area (Å²) < 4.78 is 1.27. The number of hydrogen-bond donors (Lipinski definition) is 0. The zero-order chi connectivity index (χ0) is 17.0. The van der Waals surface area contributed by atoms with Crippen molar-refractivity contribution in [3.05, 3.63) is 71.3 Å². The first-order chi connectivity index (χ1) is 11.7. The molecule has 1 unspecified atom stereocenters. The Morgan fingerprint density at radius 3 is 2.08 bits per heavy atom. The summed E-state index contributed by atoms with van der Waals surface area (Å²) in [5.41, 5.74) is 4.18. The molecule has 1 aliphatic heterocycles. The highest BCUT2D eigenvalue weighted by atomic mass is 15.4. The van der Waals surface area contributed by atoms with Crippen LogP contribution in [0, 0.1) is 6.92 Å². The normalized spacial score (nSPS) is 19.1. The highest BCUT2D eigenvalue weighted by Gasteiger charge is 2.33. The lowest BCUT2D eigenvalue weighted by molar-refractivity contribution is -0.929. The van der Waals surface area contributed by atoms with Gasteiger partial charge in [-0.15, -0.1) is 0 Å². The van der Waals surface area contributed by atoms with Crippen LogP contribution in [-0.2, 0) is 0 Å². The minimum absolute atomic E-state index is 0.377. The Morgan fingerprint density at radius 2 is 1.50 bits per heavy atom. The fraction of sp³-hybridized carbons (Fsp3) is 0.455. The highest BCUT2D eigenvalue weighted by Crippen LogP contribution is 2.31. The second kappa shape index (κ2) is 7.50. The van der Waals surface area contributed by atoms with E-state index in [1.165, 1.54) is 60.4 Å². The fourth-order valence-electron chi connectivity index (χ4n) is 4.11. The van der Waals surface area contributed by atoms with Gasteiger partial charge in [-0.1, -0.05) is 60.2 Å². The van der Waals surface area contributed by atoms with Gasteiger partial charge in [0, 0.05) is 13.1 Å². The van der Waals surface area contributed by atoms with Crippen LogP contribution in [0.1, 0.15) is 36.6 Å². The lowest BCUT2D eigenvalue weighted by Gasteiger charge is -2.46. The van der Waals surface area contributed by atoms with Crippen molar-refractivity contribution in [3.63, 3.8) is 0 Å². The summed E-state index contributed by atoms with van der Waals surface area (Å²) >= 11 is 0. The number of nitrogens with zero attached hydrogens (tertiary/aromatic N) is 2. The molecule has 0 amide bonds. The number of aryl methyl sites for hydroxylation is 1. The van der Waals surface area contributed by atoms with Gasteiger partial charge in [-0.25, -0.2) is 0 Å². The number of piperazine rings is 1. The van der Waals surface area contributed by atoms with Gasteiger partial charge in [0.05, 0.1) is 32.2 Å². The van der Waals surface area contributed by atoms with E-state index in [0.29, 0.717) is 6.04 Å². The Hall–Kier alpha value is -1.64. The first-order valence-corrected chi connectivity index (χ1v) is 9.38. The predicted molar refractivity (Wildman–Crippen MR) is 102 cm³/mol. The van der Waals surface area contributed by atoms with E-state index in [0.717, 1.165) is 0 Å². The van der Waals surface area contributed by atoms with Crippen molar-refractivity contribution in [1.29, 1.82) is 0 Å². The van der Waals surface area contributed by atoms with E-state index in [1.54, 1.807) is 0 Å². The molecule has 0 saturated carbocycles. The molecule has 2 aromatic carbocycles.